The summed E-state index contributed by atoms with van der Waals surface area (Å²) in [7, 11) is 1.45. The van der Waals surface area contributed by atoms with Crippen molar-refractivity contribution in [2.75, 3.05) is 12.8 Å². The average Bonchev–Trinajstić information content (AvgIpc) is 2.98. The van der Waals surface area contributed by atoms with Crippen LogP contribution in [-0.2, 0) is 12.3 Å². The molecule has 0 aliphatic rings. The van der Waals surface area contributed by atoms with Gasteiger partial charge in [0.15, 0.2) is 0 Å². The van der Waals surface area contributed by atoms with Gasteiger partial charge in [0.2, 0.25) is 0 Å². The summed E-state index contributed by atoms with van der Waals surface area (Å²) in [5.74, 6) is -1.71. The summed E-state index contributed by atoms with van der Waals surface area (Å²) >= 11 is 0. The Morgan fingerprint density at radius 3 is 2.75 bits per heavy atom. The van der Waals surface area contributed by atoms with E-state index in [9.17, 15) is 8.78 Å². The Kier molecular flexibility index (Phi) is 3.82. The van der Waals surface area contributed by atoms with Gasteiger partial charge in [-0.2, -0.15) is 14.6 Å². The zero-order chi connectivity index (χ0) is 17.5. The second-order valence-electron chi connectivity index (χ2n) is 5.62. The van der Waals surface area contributed by atoms with Crippen LogP contribution in [0.15, 0.2) is 24.5 Å². The van der Waals surface area contributed by atoms with Crippen molar-refractivity contribution in [3.8, 4) is 5.75 Å². The van der Waals surface area contributed by atoms with E-state index in [0.717, 1.165) is 18.1 Å². The van der Waals surface area contributed by atoms with Gasteiger partial charge in [0.1, 0.15) is 17.9 Å². The highest BCUT2D eigenvalue weighted by Crippen LogP contribution is 2.33. The lowest BCUT2D eigenvalue weighted by Gasteiger charge is -2.16. The minimum Gasteiger partial charge on any atom is -0.496 e. The Labute approximate surface area is 137 Å². The van der Waals surface area contributed by atoms with E-state index in [1.165, 1.54) is 30.1 Å². The number of nitrogens with zero attached hydrogens (tertiary/aromatic N) is 4. The molecule has 8 heteroatoms. The monoisotopic (exact) mass is 333 g/mol. The molecule has 1 aromatic carbocycles. The van der Waals surface area contributed by atoms with Crippen LogP contribution in [0.3, 0.4) is 0 Å². The standard InChI is InChI=1S/C16H17F2N5O/c1-9-12(14(19)23-15(22-9)20-8-21-23)6-10-4-5-11(16(2,17)18)7-13(10)24-3/h4-5,7-8H,6,19H2,1-3H3. The number of aromatic nitrogens is 4. The Hall–Kier alpha value is -2.77. The summed E-state index contributed by atoms with van der Waals surface area (Å²) in [6, 6.07) is 4.36. The van der Waals surface area contributed by atoms with Crippen LogP contribution in [-0.4, -0.2) is 26.7 Å². The number of rotatable bonds is 4. The van der Waals surface area contributed by atoms with Crippen molar-refractivity contribution in [3.05, 3.63) is 46.9 Å². The van der Waals surface area contributed by atoms with Gasteiger partial charge in [0, 0.05) is 30.2 Å². The molecule has 126 valence electrons. The lowest BCUT2D eigenvalue weighted by Crippen LogP contribution is -2.10. The van der Waals surface area contributed by atoms with Crippen LogP contribution >= 0.6 is 0 Å². The van der Waals surface area contributed by atoms with Gasteiger partial charge in [-0.05, 0) is 18.6 Å². The Morgan fingerprint density at radius 2 is 2.08 bits per heavy atom. The average molecular weight is 333 g/mol. The fourth-order valence-electron chi connectivity index (χ4n) is 2.58. The molecule has 0 fully saturated rings. The highest BCUT2D eigenvalue weighted by atomic mass is 19.3. The number of hydrogen-bond acceptors (Lipinski definition) is 5. The fraction of sp³-hybridized carbons (Fsp3) is 0.312. The number of nitrogens with two attached hydrogens (primary N) is 1. The molecule has 0 bridgehead atoms. The normalized spacial score (nSPS) is 11.9. The highest BCUT2D eigenvalue weighted by Gasteiger charge is 2.25. The molecule has 3 rings (SSSR count). The van der Waals surface area contributed by atoms with Gasteiger partial charge < -0.3 is 10.5 Å². The maximum atomic E-state index is 13.5. The largest absolute Gasteiger partial charge is 0.496 e. The second kappa shape index (κ2) is 5.70. The maximum Gasteiger partial charge on any atom is 0.270 e. The SMILES string of the molecule is COc1cc(C(C)(F)F)ccc1Cc1c(C)nc2ncnn2c1N. The van der Waals surface area contributed by atoms with Crippen molar-refractivity contribution in [1.82, 2.24) is 19.6 Å². The first-order valence-electron chi connectivity index (χ1n) is 7.31. The molecule has 0 unspecified atom stereocenters. The van der Waals surface area contributed by atoms with Gasteiger partial charge in [0.25, 0.3) is 11.7 Å². The van der Waals surface area contributed by atoms with E-state index in [-0.39, 0.29) is 5.56 Å². The molecule has 0 saturated heterocycles. The predicted molar refractivity (Wildman–Crippen MR) is 85.3 cm³/mol. The van der Waals surface area contributed by atoms with Gasteiger partial charge >= 0.3 is 0 Å². The van der Waals surface area contributed by atoms with Crippen LogP contribution in [0, 0.1) is 6.92 Å². The van der Waals surface area contributed by atoms with E-state index < -0.39 is 5.92 Å². The lowest BCUT2D eigenvalue weighted by molar-refractivity contribution is 0.0172. The van der Waals surface area contributed by atoms with Crippen LogP contribution in [0.2, 0.25) is 0 Å². The van der Waals surface area contributed by atoms with Crippen molar-refractivity contribution in [1.29, 1.82) is 0 Å². The molecule has 3 aromatic rings. The minimum absolute atomic E-state index is 0.0994. The van der Waals surface area contributed by atoms with E-state index in [4.69, 9.17) is 10.5 Å². The third kappa shape index (κ3) is 2.75. The van der Waals surface area contributed by atoms with Crippen LogP contribution in [0.1, 0.15) is 29.3 Å². The smallest absolute Gasteiger partial charge is 0.270 e. The Bertz CT molecular complexity index is 901. The van der Waals surface area contributed by atoms with Gasteiger partial charge in [-0.1, -0.05) is 12.1 Å². The van der Waals surface area contributed by atoms with E-state index in [2.05, 4.69) is 15.1 Å². The van der Waals surface area contributed by atoms with Crippen LogP contribution in [0.5, 0.6) is 5.75 Å². The third-order valence-corrected chi connectivity index (χ3v) is 3.93. The number of alkyl halides is 2. The van der Waals surface area contributed by atoms with Crippen molar-refractivity contribution in [3.63, 3.8) is 0 Å². The first-order valence-corrected chi connectivity index (χ1v) is 7.31. The number of nitrogen functional groups attached to an aromatic ring is 1. The summed E-state index contributed by atoms with van der Waals surface area (Å²) in [4.78, 5) is 8.37. The molecule has 2 aromatic heterocycles. The minimum atomic E-state index is -2.93. The van der Waals surface area contributed by atoms with Crippen molar-refractivity contribution < 1.29 is 13.5 Å². The topological polar surface area (TPSA) is 78.3 Å². The number of halogens is 2. The number of methoxy groups -OCH3 is 1. The lowest BCUT2D eigenvalue weighted by atomic mass is 10.00. The number of hydrogen-bond donors (Lipinski definition) is 1. The molecule has 0 amide bonds. The summed E-state index contributed by atoms with van der Waals surface area (Å²) < 4.78 is 33.7. The third-order valence-electron chi connectivity index (χ3n) is 3.93. The Balaban J connectivity index is 2.05. The van der Waals surface area contributed by atoms with Crippen molar-refractivity contribution in [2.45, 2.75) is 26.2 Å². The highest BCUT2D eigenvalue weighted by molar-refractivity contribution is 5.52. The molecule has 0 spiro atoms. The first-order chi connectivity index (χ1) is 11.3. The van der Waals surface area contributed by atoms with Gasteiger partial charge in [0.05, 0.1) is 7.11 Å². The molecule has 24 heavy (non-hydrogen) atoms. The van der Waals surface area contributed by atoms with E-state index in [1.807, 2.05) is 6.92 Å². The molecule has 6 nitrogen and oxygen atoms in total. The van der Waals surface area contributed by atoms with Crippen LogP contribution in [0.25, 0.3) is 5.78 Å². The van der Waals surface area contributed by atoms with Gasteiger partial charge in [-0.3, -0.25) is 0 Å². The van der Waals surface area contributed by atoms with Gasteiger partial charge in [-0.15, -0.1) is 0 Å². The van der Waals surface area contributed by atoms with Crippen molar-refractivity contribution in [2.24, 2.45) is 0 Å². The molecule has 0 aliphatic carbocycles. The van der Waals surface area contributed by atoms with E-state index >= 15 is 0 Å². The van der Waals surface area contributed by atoms with Gasteiger partial charge in [-0.25, -0.2) is 13.8 Å². The molecule has 2 heterocycles. The molecule has 0 atom stereocenters. The van der Waals surface area contributed by atoms with E-state index in [1.54, 1.807) is 6.07 Å². The van der Waals surface area contributed by atoms with Crippen LogP contribution < -0.4 is 10.5 Å². The molecule has 0 saturated carbocycles. The fourth-order valence-corrected chi connectivity index (χ4v) is 2.58. The summed E-state index contributed by atoms with van der Waals surface area (Å²) in [6.07, 6.45) is 1.76. The number of fused-ring (bicyclic) bond motifs is 1. The predicted octanol–water partition coefficient (Wildman–Crippen LogP) is 2.73. The number of ether oxygens (including phenoxy) is 1. The summed E-state index contributed by atoms with van der Waals surface area (Å²) in [5, 5.41) is 4.04. The first kappa shape index (κ1) is 16.1. The molecule has 2 N–H and O–H groups in total. The maximum absolute atomic E-state index is 13.5. The molecule has 0 aliphatic heterocycles. The van der Waals surface area contributed by atoms with E-state index in [0.29, 0.717) is 29.5 Å². The molecular formula is C16H17F2N5O. The summed E-state index contributed by atoms with van der Waals surface area (Å²) in [6.45, 7) is 2.67. The van der Waals surface area contributed by atoms with Crippen molar-refractivity contribution >= 4 is 11.6 Å². The number of benzene rings is 1. The Morgan fingerprint density at radius 1 is 1.33 bits per heavy atom. The molecular weight excluding hydrogens is 316 g/mol. The zero-order valence-electron chi connectivity index (χ0n) is 13.5. The molecule has 0 radical (unpaired) electrons. The summed E-state index contributed by atoms with van der Waals surface area (Å²) in [5.41, 5.74) is 8.26. The quantitative estimate of drug-likeness (QED) is 0.794. The zero-order valence-corrected chi connectivity index (χ0v) is 13.5. The second-order valence-corrected chi connectivity index (χ2v) is 5.62. The number of anilines is 1. The van der Waals surface area contributed by atoms with Crippen LogP contribution in [0.4, 0.5) is 14.6 Å². The number of aryl methyl sites for hydroxylation is 1.